The molecule has 1 aliphatic rings. The number of anilines is 1. The van der Waals surface area contributed by atoms with Crippen LogP contribution in [0.2, 0.25) is 0 Å². The Morgan fingerprint density at radius 3 is 2.41 bits per heavy atom. The molecule has 7 heteroatoms. The van der Waals surface area contributed by atoms with E-state index in [1.807, 2.05) is 0 Å². The molecule has 6 nitrogen and oxygen atoms in total. The standard InChI is InChI=1S/C15H22N2O4S/c1-17-9-7-14(8-10-17)21-13-5-3-12(4-6-13)16-15(18)11-22(2,19)20/h3-6,14H,7-11H2,1-2H3,(H,16,18). The Balaban J connectivity index is 1.86. The van der Waals surface area contributed by atoms with Crippen molar-refractivity contribution >= 4 is 21.4 Å². The number of hydrogen-bond acceptors (Lipinski definition) is 5. The van der Waals surface area contributed by atoms with Crippen LogP contribution in [-0.4, -0.2) is 57.5 Å². The summed E-state index contributed by atoms with van der Waals surface area (Å²) in [5.74, 6) is -0.289. The summed E-state index contributed by atoms with van der Waals surface area (Å²) in [6, 6.07) is 7.00. The summed E-state index contributed by atoms with van der Waals surface area (Å²) in [6.45, 7) is 2.06. The number of likely N-dealkylation sites (tertiary alicyclic amines) is 1. The largest absolute Gasteiger partial charge is 0.490 e. The minimum absolute atomic E-state index is 0.224. The Hall–Kier alpha value is -1.60. The first kappa shape index (κ1) is 16.8. The van der Waals surface area contributed by atoms with Gasteiger partial charge in [0.25, 0.3) is 0 Å². The monoisotopic (exact) mass is 326 g/mol. The first-order chi connectivity index (χ1) is 10.3. The smallest absolute Gasteiger partial charge is 0.239 e. The number of nitrogens with one attached hydrogen (secondary N) is 1. The Morgan fingerprint density at radius 1 is 1.27 bits per heavy atom. The average Bonchev–Trinajstić information content (AvgIpc) is 2.41. The fraction of sp³-hybridized carbons (Fsp3) is 0.533. The molecule has 1 amide bonds. The molecule has 1 saturated heterocycles. The van der Waals surface area contributed by atoms with Gasteiger partial charge in [-0.05, 0) is 44.2 Å². The van der Waals surface area contributed by atoms with Gasteiger partial charge in [0.1, 0.15) is 17.6 Å². The van der Waals surface area contributed by atoms with Gasteiger partial charge in [0, 0.05) is 25.0 Å². The molecular formula is C15H22N2O4S. The van der Waals surface area contributed by atoms with E-state index in [0.29, 0.717) is 5.69 Å². The molecule has 1 heterocycles. The van der Waals surface area contributed by atoms with Gasteiger partial charge in [-0.15, -0.1) is 0 Å². The van der Waals surface area contributed by atoms with Crippen LogP contribution in [0.4, 0.5) is 5.69 Å². The molecule has 0 unspecified atom stereocenters. The van der Waals surface area contributed by atoms with E-state index in [1.165, 1.54) is 0 Å². The molecule has 0 saturated carbocycles. The molecule has 0 bridgehead atoms. The number of benzene rings is 1. The second-order valence-electron chi connectivity index (χ2n) is 5.76. The zero-order chi connectivity index (χ0) is 16.2. The van der Waals surface area contributed by atoms with E-state index in [1.54, 1.807) is 24.3 Å². The molecule has 1 N–H and O–H groups in total. The number of sulfone groups is 1. The summed E-state index contributed by atoms with van der Waals surface area (Å²) < 4.78 is 28.0. The van der Waals surface area contributed by atoms with E-state index in [2.05, 4.69) is 17.3 Å². The van der Waals surface area contributed by atoms with Crippen LogP contribution in [0, 0.1) is 0 Å². The van der Waals surface area contributed by atoms with Gasteiger partial charge in [0.05, 0.1) is 0 Å². The van der Waals surface area contributed by atoms with E-state index in [4.69, 9.17) is 4.74 Å². The number of carbonyl (C=O) groups excluding carboxylic acids is 1. The number of amides is 1. The van der Waals surface area contributed by atoms with Gasteiger partial charge in [0.15, 0.2) is 9.84 Å². The van der Waals surface area contributed by atoms with Crippen molar-refractivity contribution in [1.82, 2.24) is 4.90 Å². The minimum atomic E-state index is -3.32. The third kappa shape index (κ3) is 5.65. The summed E-state index contributed by atoms with van der Waals surface area (Å²) in [7, 11) is -1.21. The lowest BCUT2D eigenvalue weighted by atomic mass is 10.1. The highest BCUT2D eigenvalue weighted by atomic mass is 32.2. The van der Waals surface area contributed by atoms with Gasteiger partial charge in [-0.1, -0.05) is 0 Å². The van der Waals surface area contributed by atoms with Gasteiger partial charge in [-0.3, -0.25) is 4.79 Å². The van der Waals surface area contributed by atoms with Crippen LogP contribution in [0.15, 0.2) is 24.3 Å². The normalized spacial score (nSPS) is 17.2. The molecule has 122 valence electrons. The van der Waals surface area contributed by atoms with Crippen LogP contribution >= 0.6 is 0 Å². The zero-order valence-corrected chi connectivity index (χ0v) is 13.7. The lowest BCUT2D eigenvalue weighted by molar-refractivity contribution is -0.113. The summed E-state index contributed by atoms with van der Waals surface area (Å²) in [6.07, 6.45) is 3.26. The van der Waals surface area contributed by atoms with E-state index in [-0.39, 0.29) is 6.10 Å². The van der Waals surface area contributed by atoms with Gasteiger partial charge in [0.2, 0.25) is 5.91 Å². The Labute approximate surface area is 131 Å². The molecule has 2 rings (SSSR count). The molecule has 0 radical (unpaired) electrons. The molecule has 1 aromatic rings. The van der Waals surface area contributed by atoms with Gasteiger partial charge < -0.3 is 15.0 Å². The van der Waals surface area contributed by atoms with Gasteiger partial charge in [-0.25, -0.2) is 8.42 Å². The van der Waals surface area contributed by atoms with Crippen molar-refractivity contribution in [2.75, 3.05) is 37.5 Å². The lowest BCUT2D eigenvalue weighted by Gasteiger charge is -2.29. The lowest BCUT2D eigenvalue weighted by Crippen LogP contribution is -2.35. The first-order valence-corrected chi connectivity index (χ1v) is 9.31. The highest BCUT2D eigenvalue weighted by molar-refractivity contribution is 7.91. The van der Waals surface area contributed by atoms with E-state index >= 15 is 0 Å². The number of ether oxygens (including phenoxy) is 1. The topological polar surface area (TPSA) is 75.7 Å². The fourth-order valence-corrected chi connectivity index (χ4v) is 2.90. The quantitative estimate of drug-likeness (QED) is 0.878. The van der Waals surface area contributed by atoms with Crippen molar-refractivity contribution in [2.24, 2.45) is 0 Å². The van der Waals surface area contributed by atoms with Crippen LogP contribution in [0.5, 0.6) is 5.75 Å². The van der Waals surface area contributed by atoms with Crippen molar-refractivity contribution in [3.05, 3.63) is 24.3 Å². The van der Waals surface area contributed by atoms with Gasteiger partial charge in [-0.2, -0.15) is 0 Å². The number of nitrogens with zero attached hydrogens (tertiary/aromatic N) is 1. The number of piperidine rings is 1. The fourth-order valence-electron chi connectivity index (χ4n) is 2.35. The number of rotatable bonds is 5. The van der Waals surface area contributed by atoms with Crippen molar-refractivity contribution in [3.8, 4) is 5.75 Å². The molecule has 1 aliphatic heterocycles. The third-order valence-electron chi connectivity index (χ3n) is 3.50. The third-order valence-corrected chi connectivity index (χ3v) is 4.29. The number of carbonyl (C=O) groups is 1. The maximum Gasteiger partial charge on any atom is 0.239 e. The summed E-state index contributed by atoms with van der Waals surface area (Å²) in [4.78, 5) is 13.8. The van der Waals surface area contributed by atoms with E-state index < -0.39 is 21.5 Å². The predicted molar refractivity (Wildman–Crippen MR) is 85.9 cm³/mol. The van der Waals surface area contributed by atoms with Crippen molar-refractivity contribution in [3.63, 3.8) is 0 Å². The van der Waals surface area contributed by atoms with Crippen LogP contribution in [-0.2, 0) is 14.6 Å². The maximum atomic E-state index is 11.5. The highest BCUT2D eigenvalue weighted by Crippen LogP contribution is 2.20. The zero-order valence-electron chi connectivity index (χ0n) is 12.9. The van der Waals surface area contributed by atoms with Crippen LogP contribution < -0.4 is 10.1 Å². The summed E-state index contributed by atoms with van der Waals surface area (Å²) in [5.41, 5.74) is 0.560. The van der Waals surface area contributed by atoms with Crippen LogP contribution in [0.3, 0.4) is 0 Å². The molecular weight excluding hydrogens is 304 g/mol. The summed E-state index contributed by atoms with van der Waals surface area (Å²) in [5, 5.41) is 2.55. The predicted octanol–water partition coefficient (Wildman–Crippen LogP) is 1.14. The van der Waals surface area contributed by atoms with E-state index in [0.717, 1.165) is 37.9 Å². The van der Waals surface area contributed by atoms with Crippen LogP contribution in [0.1, 0.15) is 12.8 Å². The number of hydrogen-bond donors (Lipinski definition) is 1. The molecule has 22 heavy (non-hydrogen) atoms. The Kier molecular flexibility index (Phi) is 5.42. The molecule has 0 aromatic heterocycles. The molecule has 0 spiro atoms. The van der Waals surface area contributed by atoms with Crippen molar-refractivity contribution < 1.29 is 17.9 Å². The molecule has 0 aliphatic carbocycles. The SMILES string of the molecule is CN1CCC(Oc2ccc(NC(=O)CS(C)(=O)=O)cc2)CC1. The Bertz CT molecular complexity index is 605. The first-order valence-electron chi connectivity index (χ1n) is 7.25. The molecule has 1 aromatic carbocycles. The Morgan fingerprint density at radius 2 is 1.86 bits per heavy atom. The second-order valence-corrected chi connectivity index (χ2v) is 7.90. The van der Waals surface area contributed by atoms with Crippen molar-refractivity contribution in [1.29, 1.82) is 0 Å². The molecule has 0 atom stereocenters. The minimum Gasteiger partial charge on any atom is -0.490 e. The van der Waals surface area contributed by atoms with Crippen molar-refractivity contribution in [2.45, 2.75) is 18.9 Å². The highest BCUT2D eigenvalue weighted by Gasteiger charge is 2.18. The van der Waals surface area contributed by atoms with E-state index in [9.17, 15) is 13.2 Å². The summed E-state index contributed by atoms with van der Waals surface area (Å²) >= 11 is 0. The maximum absolute atomic E-state index is 11.5. The molecule has 1 fully saturated rings. The average molecular weight is 326 g/mol. The second kappa shape index (κ2) is 7.11. The van der Waals surface area contributed by atoms with Gasteiger partial charge >= 0.3 is 0 Å². The van der Waals surface area contributed by atoms with Crippen LogP contribution in [0.25, 0.3) is 0 Å².